The van der Waals surface area contributed by atoms with Gasteiger partial charge in [-0.05, 0) is 52.9 Å². The Hall–Kier alpha value is -0.570. The summed E-state index contributed by atoms with van der Waals surface area (Å²) in [7, 11) is 0. The van der Waals surface area contributed by atoms with Gasteiger partial charge in [-0.2, -0.15) is 0 Å². The first kappa shape index (κ1) is 13.9. The summed E-state index contributed by atoms with van der Waals surface area (Å²) in [5.74, 6) is 0.351. The third-order valence-corrected chi connectivity index (χ3v) is 4.30. The molecule has 0 aromatic carbocycles. The van der Waals surface area contributed by atoms with Crippen LogP contribution in [0.3, 0.4) is 0 Å². The lowest BCUT2D eigenvalue weighted by Crippen LogP contribution is -2.52. The fourth-order valence-corrected chi connectivity index (χ4v) is 3.63. The first-order valence-corrected chi connectivity index (χ1v) is 7.08. The molecule has 2 bridgehead atoms. The quantitative estimate of drug-likeness (QED) is 0.732. The minimum absolute atomic E-state index is 0.159. The summed E-state index contributed by atoms with van der Waals surface area (Å²) < 4.78 is 5.75. The number of ether oxygens (including phenoxy) is 1. The van der Waals surface area contributed by atoms with Crippen LogP contribution in [0, 0.1) is 11.3 Å². The molecule has 3 atom stereocenters. The Morgan fingerprint density at radius 3 is 2.56 bits per heavy atom. The van der Waals surface area contributed by atoms with Gasteiger partial charge in [-0.15, -0.1) is 0 Å². The molecule has 2 saturated carbocycles. The van der Waals surface area contributed by atoms with Crippen LogP contribution in [0.25, 0.3) is 0 Å². The maximum absolute atomic E-state index is 12.1. The van der Waals surface area contributed by atoms with Gasteiger partial charge in [0.05, 0.1) is 11.0 Å². The van der Waals surface area contributed by atoms with E-state index in [2.05, 4.69) is 0 Å². The van der Waals surface area contributed by atoms with Crippen molar-refractivity contribution in [3.8, 4) is 0 Å². The molecule has 0 saturated heterocycles. The SMILES string of the molecule is CC1(OC(=O)C(C)(C)C)CC2CCCC(O)(C2)C1. The molecule has 0 aliphatic heterocycles. The lowest BCUT2D eigenvalue weighted by molar-refractivity contribution is -0.189. The second kappa shape index (κ2) is 4.22. The number of hydrogen-bond acceptors (Lipinski definition) is 3. The molecule has 0 aromatic rings. The van der Waals surface area contributed by atoms with Crippen LogP contribution in [0.5, 0.6) is 0 Å². The molecular formula is C15H26O3. The molecule has 0 radical (unpaired) electrons. The standard InChI is InChI=1S/C15H26O3/c1-13(2,3)12(16)18-14(4)8-11-6-5-7-15(17,9-11)10-14/h11,17H,5-10H2,1-4H3. The first-order valence-electron chi connectivity index (χ1n) is 7.08. The smallest absolute Gasteiger partial charge is 0.311 e. The van der Waals surface area contributed by atoms with E-state index in [1.807, 2.05) is 27.7 Å². The summed E-state index contributed by atoms with van der Waals surface area (Å²) >= 11 is 0. The van der Waals surface area contributed by atoms with E-state index in [9.17, 15) is 9.90 Å². The third kappa shape index (κ3) is 2.87. The zero-order chi connectivity index (χ0) is 13.6. The van der Waals surface area contributed by atoms with Gasteiger partial charge in [0, 0.05) is 6.42 Å². The molecule has 3 heteroatoms. The number of aliphatic hydroxyl groups is 1. The number of hydrogen-bond donors (Lipinski definition) is 1. The van der Waals surface area contributed by atoms with Crippen molar-refractivity contribution in [2.45, 2.75) is 77.4 Å². The van der Waals surface area contributed by atoms with Crippen molar-refractivity contribution in [1.82, 2.24) is 0 Å². The molecule has 2 aliphatic rings. The van der Waals surface area contributed by atoms with Crippen molar-refractivity contribution in [3.05, 3.63) is 0 Å². The Bertz CT molecular complexity index is 344. The van der Waals surface area contributed by atoms with Crippen LogP contribution in [-0.2, 0) is 9.53 Å². The van der Waals surface area contributed by atoms with Crippen molar-refractivity contribution < 1.29 is 14.6 Å². The van der Waals surface area contributed by atoms with Crippen LogP contribution in [-0.4, -0.2) is 22.3 Å². The molecule has 0 aromatic heterocycles. The highest BCUT2D eigenvalue weighted by atomic mass is 16.6. The van der Waals surface area contributed by atoms with Crippen LogP contribution in [0.4, 0.5) is 0 Å². The fourth-order valence-electron chi connectivity index (χ4n) is 3.63. The van der Waals surface area contributed by atoms with E-state index >= 15 is 0 Å². The Labute approximate surface area is 110 Å². The number of carbonyl (C=O) groups excluding carboxylic acids is 1. The van der Waals surface area contributed by atoms with Crippen LogP contribution >= 0.6 is 0 Å². The number of fused-ring (bicyclic) bond motifs is 2. The highest BCUT2D eigenvalue weighted by Gasteiger charge is 2.49. The minimum Gasteiger partial charge on any atom is -0.459 e. The summed E-state index contributed by atoms with van der Waals surface area (Å²) in [5, 5.41) is 10.6. The fraction of sp³-hybridized carbons (Fsp3) is 0.933. The van der Waals surface area contributed by atoms with Crippen LogP contribution < -0.4 is 0 Å². The van der Waals surface area contributed by atoms with Gasteiger partial charge in [-0.1, -0.05) is 12.8 Å². The monoisotopic (exact) mass is 254 g/mol. The Balaban J connectivity index is 2.10. The van der Waals surface area contributed by atoms with Gasteiger partial charge in [-0.25, -0.2) is 0 Å². The van der Waals surface area contributed by atoms with E-state index < -0.39 is 16.6 Å². The second-order valence-electron chi connectivity index (χ2n) is 7.66. The van der Waals surface area contributed by atoms with Crippen molar-refractivity contribution in [1.29, 1.82) is 0 Å². The zero-order valence-corrected chi connectivity index (χ0v) is 12.1. The average Bonchev–Trinajstić information content (AvgIpc) is 2.12. The van der Waals surface area contributed by atoms with Gasteiger partial charge >= 0.3 is 5.97 Å². The lowest BCUT2D eigenvalue weighted by Gasteiger charge is -2.49. The predicted octanol–water partition coefficient (Wildman–Crippen LogP) is 3.05. The van der Waals surface area contributed by atoms with Gasteiger partial charge in [0.25, 0.3) is 0 Å². The Kier molecular flexibility index (Phi) is 3.25. The summed E-state index contributed by atoms with van der Waals surface area (Å²) in [6.45, 7) is 7.60. The molecule has 0 amide bonds. The van der Waals surface area contributed by atoms with Crippen LogP contribution in [0.2, 0.25) is 0 Å². The third-order valence-electron chi connectivity index (χ3n) is 4.30. The van der Waals surface area contributed by atoms with Gasteiger partial charge in [0.2, 0.25) is 0 Å². The molecule has 18 heavy (non-hydrogen) atoms. The largest absolute Gasteiger partial charge is 0.459 e. The summed E-state index contributed by atoms with van der Waals surface area (Å²) in [6, 6.07) is 0. The normalized spacial score (nSPS) is 40.4. The Morgan fingerprint density at radius 2 is 2.00 bits per heavy atom. The molecule has 2 rings (SSSR count). The molecule has 3 nitrogen and oxygen atoms in total. The minimum atomic E-state index is -0.603. The topological polar surface area (TPSA) is 46.5 Å². The molecule has 0 spiro atoms. The van der Waals surface area contributed by atoms with Crippen molar-refractivity contribution in [3.63, 3.8) is 0 Å². The van der Waals surface area contributed by atoms with Gasteiger partial charge < -0.3 is 9.84 Å². The van der Waals surface area contributed by atoms with Gasteiger partial charge in [-0.3, -0.25) is 4.79 Å². The highest BCUT2D eigenvalue weighted by Crippen LogP contribution is 2.48. The average molecular weight is 254 g/mol. The number of carbonyl (C=O) groups is 1. The van der Waals surface area contributed by atoms with Crippen LogP contribution in [0.1, 0.15) is 66.2 Å². The maximum Gasteiger partial charge on any atom is 0.311 e. The van der Waals surface area contributed by atoms with Crippen molar-refractivity contribution in [2.75, 3.05) is 0 Å². The lowest BCUT2D eigenvalue weighted by atomic mass is 9.64. The summed E-state index contributed by atoms with van der Waals surface area (Å²) in [4.78, 5) is 12.1. The Morgan fingerprint density at radius 1 is 1.33 bits per heavy atom. The van der Waals surface area contributed by atoms with Crippen LogP contribution in [0.15, 0.2) is 0 Å². The van der Waals surface area contributed by atoms with Gasteiger partial charge in [0.15, 0.2) is 0 Å². The van der Waals surface area contributed by atoms with E-state index in [0.29, 0.717) is 12.3 Å². The molecule has 3 unspecified atom stereocenters. The molecule has 0 heterocycles. The van der Waals surface area contributed by atoms with Crippen molar-refractivity contribution in [2.24, 2.45) is 11.3 Å². The van der Waals surface area contributed by atoms with Crippen molar-refractivity contribution >= 4 is 5.97 Å². The molecule has 2 aliphatic carbocycles. The predicted molar refractivity (Wildman–Crippen MR) is 70.1 cm³/mol. The zero-order valence-electron chi connectivity index (χ0n) is 12.1. The molecular weight excluding hydrogens is 228 g/mol. The van der Waals surface area contributed by atoms with E-state index in [1.54, 1.807) is 0 Å². The number of esters is 1. The molecule has 104 valence electrons. The second-order valence-corrected chi connectivity index (χ2v) is 7.66. The van der Waals surface area contributed by atoms with Gasteiger partial charge in [0.1, 0.15) is 5.60 Å². The highest BCUT2D eigenvalue weighted by molar-refractivity contribution is 5.75. The number of rotatable bonds is 1. The summed E-state index contributed by atoms with van der Waals surface area (Å²) in [5.41, 5.74) is -1.56. The van der Waals surface area contributed by atoms with E-state index in [1.165, 1.54) is 0 Å². The molecule has 1 N–H and O–H groups in total. The maximum atomic E-state index is 12.1. The van der Waals surface area contributed by atoms with E-state index in [-0.39, 0.29) is 5.97 Å². The van der Waals surface area contributed by atoms with E-state index in [0.717, 1.165) is 32.1 Å². The first-order chi connectivity index (χ1) is 8.12. The molecule has 2 fully saturated rings. The summed E-state index contributed by atoms with van der Waals surface area (Å²) in [6.07, 6.45) is 5.49. The van der Waals surface area contributed by atoms with E-state index in [4.69, 9.17) is 4.74 Å².